The van der Waals surface area contributed by atoms with Gasteiger partial charge in [0.2, 0.25) is 0 Å². The Kier molecular flexibility index (Phi) is 4.64. The molecule has 5 heterocycles. The highest BCUT2D eigenvalue weighted by Gasteiger charge is 2.39. The SMILES string of the molecule is CN(C)S(=O)(=O)N1C[C@H]2CC[C@@H](C1)N(Cc1ccc(-c3ccn[nH]3)o1)C2. The van der Waals surface area contributed by atoms with Gasteiger partial charge in [0, 0.05) is 46.0 Å². The molecule has 3 aliphatic rings. The zero-order valence-electron chi connectivity index (χ0n) is 15.1. The van der Waals surface area contributed by atoms with E-state index < -0.39 is 10.2 Å². The molecule has 2 bridgehead atoms. The van der Waals surface area contributed by atoms with E-state index in [1.165, 1.54) is 4.31 Å². The minimum atomic E-state index is -3.37. The van der Waals surface area contributed by atoms with E-state index in [0.29, 0.717) is 25.6 Å². The zero-order chi connectivity index (χ0) is 18.3. The van der Waals surface area contributed by atoms with Crippen LogP contribution in [-0.2, 0) is 16.8 Å². The lowest BCUT2D eigenvalue weighted by atomic mass is 9.95. The summed E-state index contributed by atoms with van der Waals surface area (Å²) in [6, 6.07) is 6.04. The average Bonchev–Trinajstić information content (AvgIpc) is 3.20. The first kappa shape index (κ1) is 17.7. The maximum Gasteiger partial charge on any atom is 0.281 e. The van der Waals surface area contributed by atoms with Gasteiger partial charge in [0.1, 0.15) is 11.5 Å². The number of rotatable bonds is 5. The summed E-state index contributed by atoms with van der Waals surface area (Å²) in [6.07, 6.45) is 3.81. The molecule has 0 aromatic carbocycles. The first-order valence-electron chi connectivity index (χ1n) is 8.93. The number of hydrogen-bond donors (Lipinski definition) is 1. The maximum absolute atomic E-state index is 12.6. The molecule has 142 valence electrons. The normalized spacial score (nSPS) is 25.0. The number of piperidine rings is 1. The second-order valence-electron chi connectivity index (χ2n) is 7.37. The van der Waals surface area contributed by atoms with Crippen LogP contribution in [0.2, 0.25) is 0 Å². The van der Waals surface area contributed by atoms with Crippen LogP contribution in [0.3, 0.4) is 0 Å². The van der Waals surface area contributed by atoms with Crippen molar-refractivity contribution in [3.8, 4) is 11.5 Å². The van der Waals surface area contributed by atoms with Gasteiger partial charge < -0.3 is 4.42 Å². The molecule has 2 aromatic heterocycles. The van der Waals surface area contributed by atoms with Crippen LogP contribution in [-0.4, -0.2) is 71.9 Å². The smallest absolute Gasteiger partial charge is 0.281 e. The van der Waals surface area contributed by atoms with Gasteiger partial charge in [-0.2, -0.15) is 22.1 Å². The Morgan fingerprint density at radius 1 is 1.23 bits per heavy atom. The Morgan fingerprint density at radius 2 is 2.08 bits per heavy atom. The van der Waals surface area contributed by atoms with E-state index in [9.17, 15) is 8.42 Å². The largest absolute Gasteiger partial charge is 0.458 e. The first-order valence-corrected chi connectivity index (χ1v) is 10.3. The van der Waals surface area contributed by atoms with Crippen LogP contribution in [0.4, 0.5) is 0 Å². The maximum atomic E-state index is 12.6. The van der Waals surface area contributed by atoms with E-state index in [0.717, 1.165) is 36.6 Å². The third-order valence-electron chi connectivity index (χ3n) is 5.37. The first-order chi connectivity index (χ1) is 12.4. The zero-order valence-corrected chi connectivity index (χ0v) is 15.9. The second kappa shape index (κ2) is 6.80. The van der Waals surface area contributed by atoms with Gasteiger partial charge in [0.25, 0.3) is 10.2 Å². The van der Waals surface area contributed by atoms with Crippen molar-refractivity contribution >= 4 is 10.2 Å². The summed E-state index contributed by atoms with van der Waals surface area (Å²) in [5.41, 5.74) is 0.858. The predicted molar refractivity (Wildman–Crippen MR) is 97.4 cm³/mol. The Balaban J connectivity index is 1.49. The van der Waals surface area contributed by atoms with Crippen molar-refractivity contribution in [2.75, 3.05) is 33.7 Å². The van der Waals surface area contributed by atoms with E-state index >= 15 is 0 Å². The number of nitrogens with zero attached hydrogens (tertiary/aromatic N) is 4. The average molecular weight is 379 g/mol. The molecule has 0 aliphatic carbocycles. The number of nitrogens with one attached hydrogen (secondary N) is 1. The van der Waals surface area contributed by atoms with Crippen molar-refractivity contribution in [2.45, 2.75) is 25.4 Å². The summed E-state index contributed by atoms with van der Waals surface area (Å²) in [6.45, 7) is 2.76. The number of aromatic nitrogens is 2. The third kappa shape index (κ3) is 3.32. The fraction of sp³-hybridized carbons (Fsp3) is 0.588. The molecule has 5 rings (SSSR count). The Morgan fingerprint density at radius 3 is 2.81 bits per heavy atom. The van der Waals surface area contributed by atoms with Crippen molar-refractivity contribution < 1.29 is 12.8 Å². The van der Waals surface area contributed by atoms with Crippen LogP contribution in [0.15, 0.2) is 28.8 Å². The minimum Gasteiger partial charge on any atom is -0.458 e. The number of aromatic amines is 1. The molecule has 8 nitrogen and oxygen atoms in total. The van der Waals surface area contributed by atoms with Crippen LogP contribution in [0.5, 0.6) is 0 Å². The molecule has 9 heteroatoms. The van der Waals surface area contributed by atoms with Crippen LogP contribution in [0.1, 0.15) is 18.6 Å². The van der Waals surface area contributed by atoms with Crippen molar-refractivity contribution in [2.24, 2.45) is 5.92 Å². The van der Waals surface area contributed by atoms with E-state index in [4.69, 9.17) is 4.42 Å². The molecular weight excluding hydrogens is 354 g/mol. The molecule has 0 saturated carbocycles. The summed E-state index contributed by atoms with van der Waals surface area (Å²) in [4.78, 5) is 2.37. The van der Waals surface area contributed by atoms with Crippen LogP contribution < -0.4 is 0 Å². The third-order valence-corrected chi connectivity index (χ3v) is 7.24. The molecule has 3 fully saturated rings. The molecule has 3 aliphatic heterocycles. The summed E-state index contributed by atoms with van der Waals surface area (Å²) in [5, 5.41) is 6.86. The van der Waals surface area contributed by atoms with Gasteiger partial charge >= 0.3 is 0 Å². The number of H-pyrrole nitrogens is 1. The van der Waals surface area contributed by atoms with Gasteiger partial charge in [-0.05, 0) is 37.0 Å². The van der Waals surface area contributed by atoms with Gasteiger partial charge in [-0.3, -0.25) is 10.00 Å². The van der Waals surface area contributed by atoms with Gasteiger partial charge in [-0.15, -0.1) is 0 Å². The summed E-state index contributed by atoms with van der Waals surface area (Å²) in [5.74, 6) is 2.03. The van der Waals surface area contributed by atoms with Crippen molar-refractivity contribution in [3.05, 3.63) is 30.2 Å². The van der Waals surface area contributed by atoms with Gasteiger partial charge in [-0.1, -0.05) is 0 Å². The molecule has 2 aromatic rings. The van der Waals surface area contributed by atoms with Gasteiger partial charge in [0.05, 0.1) is 6.54 Å². The van der Waals surface area contributed by atoms with E-state index in [1.807, 2.05) is 18.2 Å². The summed E-state index contributed by atoms with van der Waals surface area (Å²) < 4.78 is 34.0. The molecule has 0 amide bonds. The Hall–Kier alpha value is -1.68. The Bertz CT molecular complexity index is 846. The van der Waals surface area contributed by atoms with Crippen LogP contribution >= 0.6 is 0 Å². The standard InChI is InChI=1S/C17H25N5O3S/c1-20(2)26(23,24)22-10-13-3-4-14(11-22)21(9-13)12-15-5-6-17(25-15)16-7-8-18-19-16/h5-8,13-14H,3-4,9-12H2,1-2H3,(H,18,19)/t13-,14-/m0/s1. The second-order valence-corrected chi connectivity index (χ2v) is 9.51. The van der Waals surface area contributed by atoms with Crippen LogP contribution in [0, 0.1) is 5.92 Å². The summed E-state index contributed by atoms with van der Waals surface area (Å²) >= 11 is 0. The molecule has 0 radical (unpaired) electrons. The highest BCUT2D eigenvalue weighted by Crippen LogP contribution is 2.31. The molecule has 0 spiro atoms. The number of fused-ring (bicyclic) bond motifs is 4. The molecule has 3 saturated heterocycles. The van der Waals surface area contributed by atoms with Crippen LogP contribution in [0.25, 0.3) is 11.5 Å². The Labute approximate surface area is 153 Å². The molecular formula is C17H25N5O3S. The monoisotopic (exact) mass is 379 g/mol. The van der Waals surface area contributed by atoms with Crippen molar-refractivity contribution in [3.63, 3.8) is 0 Å². The minimum absolute atomic E-state index is 0.226. The lowest BCUT2D eigenvalue weighted by Crippen LogP contribution is -2.45. The fourth-order valence-electron chi connectivity index (χ4n) is 3.95. The molecule has 0 unspecified atom stereocenters. The van der Waals surface area contributed by atoms with E-state index in [1.54, 1.807) is 24.6 Å². The molecule has 26 heavy (non-hydrogen) atoms. The number of furan rings is 1. The van der Waals surface area contributed by atoms with E-state index in [2.05, 4.69) is 15.1 Å². The van der Waals surface area contributed by atoms with Crippen molar-refractivity contribution in [1.29, 1.82) is 0 Å². The topological polar surface area (TPSA) is 85.7 Å². The predicted octanol–water partition coefficient (Wildman–Crippen LogP) is 1.37. The molecule has 2 atom stereocenters. The lowest BCUT2D eigenvalue weighted by Gasteiger charge is -2.35. The summed E-state index contributed by atoms with van der Waals surface area (Å²) in [7, 11) is -0.172. The molecule has 1 N–H and O–H groups in total. The number of hydrogen-bond acceptors (Lipinski definition) is 5. The quantitative estimate of drug-likeness (QED) is 0.848. The fourth-order valence-corrected chi connectivity index (χ4v) is 5.17. The highest BCUT2D eigenvalue weighted by atomic mass is 32.2. The van der Waals surface area contributed by atoms with Gasteiger partial charge in [0.15, 0.2) is 5.76 Å². The highest BCUT2D eigenvalue weighted by molar-refractivity contribution is 7.86. The van der Waals surface area contributed by atoms with E-state index in [-0.39, 0.29) is 6.04 Å². The van der Waals surface area contributed by atoms with Gasteiger partial charge in [-0.25, -0.2) is 0 Å². The van der Waals surface area contributed by atoms with Crippen molar-refractivity contribution in [1.82, 2.24) is 23.7 Å². The lowest BCUT2D eigenvalue weighted by molar-refractivity contribution is 0.116.